The summed E-state index contributed by atoms with van der Waals surface area (Å²) in [6.07, 6.45) is 2.96. The molecule has 0 bridgehead atoms. The first kappa shape index (κ1) is 23.7. The van der Waals surface area contributed by atoms with Gasteiger partial charge in [0.25, 0.3) is 11.8 Å². The van der Waals surface area contributed by atoms with Gasteiger partial charge in [0.2, 0.25) is 10.0 Å². The molecular formula is C26H26N4O6S. The van der Waals surface area contributed by atoms with E-state index in [2.05, 4.69) is 11.4 Å². The lowest BCUT2D eigenvalue weighted by Crippen LogP contribution is -2.61. The van der Waals surface area contributed by atoms with Gasteiger partial charge in [-0.3, -0.25) is 9.59 Å². The first-order chi connectivity index (χ1) is 17.7. The summed E-state index contributed by atoms with van der Waals surface area (Å²) < 4.78 is 35.1. The molecular weight excluding hydrogens is 496 g/mol. The number of hydrogen-bond donors (Lipinski definition) is 2. The molecule has 6 rings (SSSR count). The largest absolute Gasteiger partial charge is 0.496 e. The summed E-state index contributed by atoms with van der Waals surface area (Å²) in [5.41, 5.74) is 1.39. The quantitative estimate of drug-likeness (QED) is 0.536. The number of carbonyl (C=O) groups is 2. The van der Waals surface area contributed by atoms with E-state index in [4.69, 9.17) is 19.6 Å². The van der Waals surface area contributed by atoms with Crippen molar-refractivity contribution in [3.63, 3.8) is 0 Å². The molecule has 1 saturated carbocycles. The van der Waals surface area contributed by atoms with Crippen LogP contribution in [0.5, 0.6) is 11.5 Å². The summed E-state index contributed by atoms with van der Waals surface area (Å²) >= 11 is 0. The van der Waals surface area contributed by atoms with E-state index in [1.165, 1.54) is 18.2 Å². The van der Waals surface area contributed by atoms with E-state index < -0.39 is 21.7 Å². The number of fused-ring (bicyclic) bond motifs is 2. The molecule has 1 spiro atoms. The number of methoxy groups -OCH3 is 1. The lowest BCUT2D eigenvalue weighted by Gasteiger charge is -2.44. The second-order valence-corrected chi connectivity index (χ2v) is 11.3. The van der Waals surface area contributed by atoms with Gasteiger partial charge in [-0.1, -0.05) is 12.1 Å². The molecule has 10 nitrogen and oxygen atoms in total. The summed E-state index contributed by atoms with van der Waals surface area (Å²) in [7, 11) is -2.37. The highest BCUT2D eigenvalue weighted by molar-refractivity contribution is 7.89. The number of hydrogen-bond acceptors (Lipinski definition) is 7. The van der Waals surface area contributed by atoms with Crippen LogP contribution in [0.2, 0.25) is 0 Å². The summed E-state index contributed by atoms with van der Waals surface area (Å²) in [6, 6.07) is 11.7. The number of pyridine rings is 1. The topological polar surface area (TPSA) is 141 Å². The number of sulfonamides is 1. The Morgan fingerprint density at radius 3 is 2.62 bits per heavy atom. The molecule has 192 valence electrons. The molecule has 2 aliphatic heterocycles. The molecule has 1 aliphatic carbocycles. The minimum atomic E-state index is -3.95. The molecule has 0 atom stereocenters. The number of nitrogens with zero attached hydrogens (tertiary/aromatic N) is 2. The fourth-order valence-corrected chi connectivity index (χ4v) is 5.70. The number of primary sulfonamides is 1. The maximum absolute atomic E-state index is 13.5. The fourth-order valence-electron chi connectivity index (χ4n) is 5.16. The van der Waals surface area contributed by atoms with Crippen LogP contribution >= 0.6 is 0 Å². The molecule has 1 saturated heterocycles. The van der Waals surface area contributed by atoms with Crippen LogP contribution in [0.4, 0.5) is 0 Å². The molecule has 3 aromatic rings. The van der Waals surface area contributed by atoms with Crippen LogP contribution < -0.4 is 19.9 Å². The molecule has 3 N–H and O–H groups in total. The second kappa shape index (κ2) is 8.42. The second-order valence-electron chi connectivity index (χ2n) is 9.77. The summed E-state index contributed by atoms with van der Waals surface area (Å²) in [5.74, 6) is 0.713. The maximum Gasteiger partial charge on any atom is 0.272 e. The molecule has 3 heterocycles. The zero-order chi connectivity index (χ0) is 25.9. The van der Waals surface area contributed by atoms with Crippen LogP contribution in [0.3, 0.4) is 0 Å². The predicted molar refractivity (Wildman–Crippen MR) is 134 cm³/mol. The van der Waals surface area contributed by atoms with E-state index in [0.29, 0.717) is 43.3 Å². The number of rotatable bonds is 4. The van der Waals surface area contributed by atoms with E-state index in [0.717, 1.165) is 29.3 Å². The SMILES string of the molecule is COc1cc(C(=O)N2CCC3(CC2)NC(=O)c2cc(S(N)(=O)=O)ccc2O3)nc2c(C3CC3)cccc12. The Morgan fingerprint density at radius 2 is 1.95 bits per heavy atom. The third-order valence-electron chi connectivity index (χ3n) is 7.32. The molecule has 11 heteroatoms. The molecule has 1 aromatic heterocycles. The zero-order valence-corrected chi connectivity index (χ0v) is 21.0. The Hall–Kier alpha value is -3.70. The molecule has 2 fully saturated rings. The van der Waals surface area contributed by atoms with Crippen LogP contribution in [0.15, 0.2) is 47.4 Å². The van der Waals surface area contributed by atoms with Crippen molar-refractivity contribution in [3.8, 4) is 11.5 Å². The van der Waals surface area contributed by atoms with Crippen molar-refractivity contribution >= 4 is 32.7 Å². The van der Waals surface area contributed by atoms with Gasteiger partial charge in [0.15, 0.2) is 5.72 Å². The summed E-state index contributed by atoms with van der Waals surface area (Å²) in [4.78, 5) is 32.6. The Bertz CT molecular complexity index is 1560. The predicted octanol–water partition coefficient (Wildman–Crippen LogP) is 2.52. The third-order valence-corrected chi connectivity index (χ3v) is 8.23. The molecule has 37 heavy (non-hydrogen) atoms. The minimum absolute atomic E-state index is 0.106. The van der Waals surface area contributed by atoms with E-state index in [1.807, 2.05) is 12.1 Å². The Kier molecular flexibility index (Phi) is 5.39. The van der Waals surface area contributed by atoms with Gasteiger partial charge in [0.05, 0.1) is 23.1 Å². The summed E-state index contributed by atoms with van der Waals surface area (Å²) in [6.45, 7) is 0.687. The molecule has 0 unspecified atom stereocenters. The lowest BCUT2D eigenvalue weighted by molar-refractivity contribution is -0.0247. The number of nitrogens with one attached hydrogen (secondary N) is 1. The Balaban J connectivity index is 1.23. The van der Waals surface area contributed by atoms with Crippen LogP contribution in [0.25, 0.3) is 10.9 Å². The highest BCUT2D eigenvalue weighted by Gasteiger charge is 2.44. The fraction of sp³-hybridized carbons (Fsp3) is 0.346. The van der Waals surface area contributed by atoms with Crippen molar-refractivity contribution < 1.29 is 27.5 Å². The van der Waals surface area contributed by atoms with Gasteiger partial charge < -0.3 is 19.7 Å². The van der Waals surface area contributed by atoms with Gasteiger partial charge in [-0.25, -0.2) is 18.5 Å². The van der Waals surface area contributed by atoms with Crippen molar-refractivity contribution in [2.75, 3.05) is 20.2 Å². The van der Waals surface area contributed by atoms with Crippen LogP contribution in [-0.4, -0.2) is 56.0 Å². The molecule has 2 aromatic carbocycles. The van der Waals surface area contributed by atoms with Gasteiger partial charge in [-0.15, -0.1) is 0 Å². The normalized spacial score (nSPS) is 18.8. The zero-order valence-electron chi connectivity index (χ0n) is 20.2. The molecule has 3 aliphatic rings. The first-order valence-electron chi connectivity index (χ1n) is 12.1. The summed E-state index contributed by atoms with van der Waals surface area (Å²) in [5, 5.41) is 8.94. The van der Waals surface area contributed by atoms with Crippen molar-refractivity contribution in [2.45, 2.75) is 42.2 Å². The van der Waals surface area contributed by atoms with Crippen molar-refractivity contribution in [1.29, 1.82) is 0 Å². The van der Waals surface area contributed by atoms with Gasteiger partial charge in [0.1, 0.15) is 17.2 Å². The standard InChI is InChI=1S/C26H26N4O6S/c1-35-22-14-20(28-23-17(15-5-6-15)3-2-4-18(22)23)25(32)30-11-9-26(10-12-30)29-24(31)19-13-16(37(27,33)34)7-8-21(19)36-26/h2-4,7-8,13-15H,5-6,9-12H2,1H3,(H,29,31)(H2,27,33,34). The number of carbonyl (C=O) groups excluding carboxylic acids is 2. The smallest absolute Gasteiger partial charge is 0.272 e. The number of nitrogens with two attached hydrogens (primary N) is 1. The average Bonchev–Trinajstić information content (AvgIpc) is 3.72. The van der Waals surface area contributed by atoms with Crippen LogP contribution in [-0.2, 0) is 10.0 Å². The van der Waals surface area contributed by atoms with E-state index in [-0.39, 0.29) is 22.1 Å². The van der Waals surface area contributed by atoms with E-state index in [1.54, 1.807) is 18.1 Å². The molecule has 0 radical (unpaired) electrons. The van der Waals surface area contributed by atoms with Crippen LogP contribution in [0, 0.1) is 0 Å². The van der Waals surface area contributed by atoms with Crippen molar-refractivity contribution in [1.82, 2.24) is 15.2 Å². The number of ether oxygens (including phenoxy) is 2. The van der Waals surface area contributed by atoms with Gasteiger partial charge >= 0.3 is 0 Å². The number of likely N-dealkylation sites (tertiary alicyclic amines) is 1. The number of amides is 2. The van der Waals surface area contributed by atoms with Crippen LogP contribution in [0.1, 0.15) is 58.0 Å². The lowest BCUT2D eigenvalue weighted by atomic mass is 9.96. The maximum atomic E-state index is 13.5. The third kappa shape index (κ3) is 4.17. The van der Waals surface area contributed by atoms with E-state index in [9.17, 15) is 18.0 Å². The van der Waals surface area contributed by atoms with Crippen molar-refractivity contribution in [2.24, 2.45) is 5.14 Å². The van der Waals surface area contributed by atoms with Gasteiger partial charge in [-0.2, -0.15) is 0 Å². The number of piperidine rings is 1. The monoisotopic (exact) mass is 522 g/mol. The van der Waals surface area contributed by atoms with E-state index >= 15 is 0 Å². The first-order valence-corrected chi connectivity index (χ1v) is 13.7. The van der Waals surface area contributed by atoms with Gasteiger partial charge in [0, 0.05) is 37.4 Å². The highest BCUT2D eigenvalue weighted by atomic mass is 32.2. The average molecular weight is 523 g/mol. The van der Waals surface area contributed by atoms with Crippen molar-refractivity contribution in [3.05, 3.63) is 59.3 Å². The number of benzene rings is 2. The Morgan fingerprint density at radius 1 is 1.19 bits per heavy atom. The Labute approximate surface area is 213 Å². The number of para-hydroxylation sites is 1. The molecule has 2 amide bonds. The highest BCUT2D eigenvalue weighted by Crippen LogP contribution is 2.44. The number of aromatic nitrogens is 1. The van der Waals surface area contributed by atoms with Gasteiger partial charge in [-0.05, 0) is 48.6 Å². The minimum Gasteiger partial charge on any atom is -0.496 e.